The van der Waals surface area contributed by atoms with Crippen LogP contribution in [0.1, 0.15) is 24.0 Å². The van der Waals surface area contributed by atoms with Crippen LogP contribution >= 0.6 is 12.4 Å². The molecule has 1 aromatic carbocycles. The number of hydrogen-bond acceptors (Lipinski definition) is 4. The normalized spacial score (nSPS) is 14.8. The van der Waals surface area contributed by atoms with Gasteiger partial charge in [0, 0.05) is 19.5 Å². The van der Waals surface area contributed by atoms with E-state index in [4.69, 9.17) is 9.47 Å². The Balaban J connectivity index is 0.00000264. The second kappa shape index (κ2) is 8.99. The van der Waals surface area contributed by atoms with Crippen molar-refractivity contribution < 1.29 is 14.3 Å². The molecule has 23 heavy (non-hydrogen) atoms. The van der Waals surface area contributed by atoms with Crippen LogP contribution in [0.2, 0.25) is 0 Å². The molecule has 0 atom stereocenters. The third-order valence-corrected chi connectivity index (χ3v) is 4.31. The van der Waals surface area contributed by atoms with E-state index in [0.29, 0.717) is 12.3 Å². The van der Waals surface area contributed by atoms with Gasteiger partial charge in [0.25, 0.3) is 0 Å². The number of hydrogen-bond donors (Lipinski definition) is 1. The lowest BCUT2D eigenvalue weighted by molar-refractivity contribution is -0.135. The van der Waals surface area contributed by atoms with Gasteiger partial charge < -0.3 is 19.7 Å². The van der Waals surface area contributed by atoms with Crippen LogP contribution in [0.4, 0.5) is 0 Å². The Bertz CT molecular complexity index is 531. The Morgan fingerprint density at radius 3 is 2.35 bits per heavy atom. The van der Waals surface area contributed by atoms with Gasteiger partial charge >= 0.3 is 0 Å². The third-order valence-electron chi connectivity index (χ3n) is 4.31. The summed E-state index contributed by atoms with van der Waals surface area (Å²) in [5.41, 5.74) is 2.19. The largest absolute Gasteiger partial charge is 0.493 e. The molecule has 0 aromatic heterocycles. The Kier molecular flexibility index (Phi) is 7.65. The van der Waals surface area contributed by atoms with Crippen molar-refractivity contribution in [3.05, 3.63) is 23.3 Å². The third kappa shape index (κ3) is 4.75. The van der Waals surface area contributed by atoms with E-state index in [0.717, 1.165) is 42.8 Å². The number of methoxy groups -OCH3 is 2. The first-order valence-electron chi connectivity index (χ1n) is 7.74. The van der Waals surface area contributed by atoms with Crippen molar-refractivity contribution >= 4 is 18.3 Å². The van der Waals surface area contributed by atoms with Crippen LogP contribution < -0.4 is 14.8 Å². The highest BCUT2D eigenvalue weighted by atomic mass is 35.5. The smallest absolute Gasteiger partial charge is 0.225 e. The SMILES string of the molecule is COc1cc(C)c(CN(C)C(=O)C2CCNCC2)cc1OC.Cl. The maximum absolute atomic E-state index is 12.5. The Hall–Kier alpha value is -1.46. The summed E-state index contributed by atoms with van der Waals surface area (Å²) in [6.07, 6.45) is 1.85. The van der Waals surface area contributed by atoms with Gasteiger partial charge in [-0.2, -0.15) is 0 Å². The topological polar surface area (TPSA) is 50.8 Å². The molecule has 6 heteroatoms. The van der Waals surface area contributed by atoms with Crippen LogP contribution in [0.15, 0.2) is 12.1 Å². The van der Waals surface area contributed by atoms with Crippen LogP contribution in [0, 0.1) is 12.8 Å². The minimum atomic E-state index is 0. The number of ether oxygens (including phenoxy) is 2. The first-order chi connectivity index (χ1) is 10.6. The highest BCUT2D eigenvalue weighted by Crippen LogP contribution is 2.31. The van der Waals surface area contributed by atoms with Crippen LogP contribution in [-0.2, 0) is 11.3 Å². The average molecular weight is 343 g/mol. The fraction of sp³-hybridized carbons (Fsp3) is 0.588. The highest BCUT2D eigenvalue weighted by molar-refractivity contribution is 5.85. The molecule has 0 unspecified atom stereocenters. The van der Waals surface area contributed by atoms with Gasteiger partial charge in [0.1, 0.15) is 0 Å². The van der Waals surface area contributed by atoms with E-state index < -0.39 is 0 Å². The number of carbonyl (C=O) groups is 1. The molecular weight excluding hydrogens is 316 g/mol. The summed E-state index contributed by atoms with van der Waals surface area (Å²) in [7, 11) is 5.13. The van der Waals surface area contributed by atoms with Crippen molar-refractivity contribution in [3.63, 3.8) is 0 Å². The summed E-state index contributed by atoms with van der Waals surface area (Å²) in [5, 5.41) is 3.29. The molecule has 1 aliphatic rings. The summed E-state index contributed by atoms with van der Waals surface area (Å²) in [5.74, 6) is 1.80. The zero-order chi connectivity index (χ0) is 16.1. The van der Waals surface area contributed by atoms with Gasteiger partial charge in [-0.25, -0.2) is 0 Å². The van der Waals surface area contributed by atoms with Crippen molar-refractivity contribution in [2.75, 3.05) is 34.4 Å². The van der Waals surface area contributed by atoms with Crippen molar-refractivity contribution in [2.45, 2.75) is 26.3 Å². The zero-order valence-corrected chi connectivity index (χ0v) is 15.2. The number of aryl methyl sites for hydroxylation is 1. The molecule has 0 radical (unpaired) electrons. The molecule has 0 saturated carbocycles. The van der Waals surface area contributed by atoms with E-state index in [-0.39, 0.29) is 24.2 Å². The highest BCUT2D eigenvalue weighted by Gasteiger charge is 2.24. The fourth-order valence-electron chi connectivity index (χ4n) is 2.91. The molecule has 1 saturated heterocycles. The first kappa shape index (κ1) is 19.6. The first-order valence-corrected chi connectivity index (χ1v) is 7.74. The molecule has 0 spiro atoms. The fourth-order valence-corrected chi connectivity index (χ4v) is 2.91. The van der Waals surface area contributed by atoms with Crippen molar-refractivity contribution in [3.8, 4) is 11.5 Å². The van der Waals surface area contributed by atoms with Crippen molar-refractivity contribution in [2.24, 2.45) is 5.92 Å². The maximum Gasteiger partial charge on any atom is 0.225 e. The maximum atomic E-state index is 12.5. The molecule has 1 N–H and O–H groups in total. The molecule has 0 aliphatic carbocycles. The van der Waals surface area contributed by atoms with Crippen LogP contribution in [-0.4, -0.2) is 45.2 Å². The summed E-state index contributed by atoms with van der Waals surface area (Å²) in [4.78, 5) is 14.4. The minimum absolute atomic E-state index is 0. The molecule has 1 heterocycles. The molecule has 1 aromatic rings. The zero-order valence-electron chi connectivity index (χ0n) is 14.3. The Morgan fingerprint density at radius 1 is 1.22 bits per heavy atom. The van der Waals surface area contributed by atoms with Gasteiger partial charge in [-0.1, -0.05) is 0 Å². The predicted molar refractivity (Wildman–Crippen MR) is 93.6 cm³/mol. The average Bonchev–Trinajstić information content (AvgIpc) is 2.56. The van der Waals surface area contributed by atoms with Crippen molar-refractivity contribution in [1.82, 2.24) is 10.2 Å². The number of halogens is 1. The summed E-state index contributed by atoms with van der Waals surface area (Å²) < 4.78 is 10.7. The Labute approximate surface area is 144 Å². The number of benzene rings is 1. The van der Waals surface area contributed by atoms with E-state index in [9.17, 15) is 4.79 Å². The van der Waals surface area contributed by atoms with Crippen LogP contribution in [0.25, 0.3) is 0 Å². The Morgan fingerprint density at radius 2 is 1.78 bits per heavy atom. The quantitative estimate of drug-likeness (QED) is 0.892. The lowest BCUT2D eigenvalue weighted by Crippen LogP contribution is -2.39. The van der Waals surface area contributed by atoms with Crippen LogP contribution in [0.3, 0.4) is 0 Å². The van der Waals surface area contributed by atoms with E-state index in [2.05, 4.69) is 5.32 Å². The van der Waals surface area contributed by atoms with Gasteiger partial charge in [0.05, 0.1) is 14.2 Å². The standard InChI is InChI=1S/C17H26N2O3.ClH/c1-12-9-15(21-3)16(22-4)10-14(12)11-19(2)17(20)13-5-7-18-8-6-13;/h9-10,13,18H,5-8,11H2,1-4H3;1H. The number of amides is 1. The van der Waals surface area contributed by atoms with Gasteiger partial charge in [-0.15, -0.1) is 12.4 Å². The molecule has 2 rings (SSSR count). The lowest BCUT2D eigenvalue weighted by atomic mass is 9.96. The molecule has 1 amide bonds. The number of rotatable bonds is 5. The van der Waals surface area contributed by atoms with E-state index in [1.807, 2.05) is 31.0 Å². The van der Waals surface area contributed by atoms with Gasteiger partial charge in [0.2, 0.25) is 5.91 Å². The van der Waals surface area contributed by atoms with E-state index in [1.165, 1.54) is 0 Å². The predicted octanol–water partition coefficient (Wildman–Crippen LogP) is 2.39. The molecule has 130 valence electrons. The lowest BCUT2D eigenvalue weighted by Gasteiger charge is -2.27. The van der Waals surface area contributed by atoms with E-state index in [1.54, 1.807) is 14.2 Å². The number of carbonyl (C=O) groups excluding carboxylic acids is 1. The van der Waals surface area contributed by atoms with Gasteiger partial charge in [-0.3, -0.25) is 4.79 Å². The van der Waals surface area contributed by atoms with E-state index >= 15 is 0 Å². The summed E-state index contributed by atoms with van der Waals surface area (Å²) in [6.45, 7) is 4.48. The number of nitrogens with one attached hydrogen (secondary N) is 1. The molecule has 0 bridgehead atoms. The second-order valence-corrected chi connectivity index (χ2v) is 5.85. The number of piperidine rings is 1. The van der Waals surface area contributed by atoms with Crippen molar-refractivity contribution in [1.29, 1.82) is 0 Å². The van der Waals surface area contributed by atoms with Gasteiger partial charge in [0.15, 0.2) is 11.5 Å². The summed E-state index contributed by atoms with van der Waals surface area (Å²) >= 11 is 0. The molecule has 1 fully saturated rings. The second-order valence-electron chi connectivity index (χ2n) is 5.85. The monoisotopic (exact) mass is 342 g/mol. The number of nitrogens with zero attached hydrogens (tertiary/aromatic N) is 1. The molecule has 1 aliphatic heterocycles. The van der Waals surface area contributed by atoms with Gasteiger partial charge in [-0.05, 0) is 56.1 Å². The summed E-state index contributed by atoms with van der Waals surface area (Å²) in [6, 6.07) is 3.91. The minimum Gasteiger partial charge on any atom is -0.493 e. The van der Waals surface area contributed by atoms with Crippen LogP contribution in [0.5, 0.6) is 11.5 Å². The molecular formula is C17H27ClN2O3. The molecule has 5 nitrogen and oxygen atoms in total.